The number of aromatic nitrogens is 1. The lowest BCUT2D eigenvalue weighted by atomic mass is 10.1. The zero-order chi connectivity index (χ0) is 13.7. The first-order valence-electron chi connectivity index (χ1n) is 6.31. The standard InChI is InChI=1S/C15H17BrN2S/c1-2-13(17)9-11-3-4-12(16)10-15(11)19-14-5-7-18-8-6-14/h3-8,10,13H,2,9,17H2,1H3. The SMILES string of the molecule is CCC(N)Cc1ccc(Br)cc1Sc1ccncc1. The van der Waals surface area contributed by atoms with Crippen LogP contribution < -0.4 is 5.73 Å². The van der Waals surface area contributed by atoms with Crippen LogP contribution in [0.3, 0.4) is 0 Å². The average Bonchev–Trinajstić information content (AvgIpc) is 2.43. The summed E-state index contributed by atoms with van der Waals surface area (Å²) in [6.07, 6.45) is 5.54. The molecule has 1 aromatic carbocycles. The number of pyridine rings is 1. The first kappa shape index (κ1) is 14.6. The molecule has 1 aromatic heterocycles. The van der Waals surface area contributed by atoms with Crippen molar-refractivity contribution in [2.75, 3.05) is 0 Å². The van der Waals surface area contributed by atoms with Gasteiger partial charge in [-0.25, -0.2) is 0 Å². The third-order valence-electron chi connectivity index (χ3n) is 2.91. The number of nitrogens with two attached hydrogens (primary N) is 1. The highest BCUT2D eigenvalue weighted by Crippen LogP contribution is 2.32. The van der Waals surface area contributed by atoms with Crippen LogP contribution in [0.1, 0.15) is 18.9 Å². The average molecular weight is 337 g/mol. The summed E-state index contributed by atoms with van der Waals surface area (Å²) in [5.74, 6) is 0. The van der Waals surface area contributed by atoms with Crippen molar-refractivity contribution in [3.05, 3.63) is 52.8 Å². The minimum atomic E-state index is 0.220. The molecule has 1 atom stereocenters. The van der Waals surface area contributed by atoms with E-state index >= 15 is 0 Å². The number of benzene rings is 1. The summed E-state index contributed by atoms with van der Waals surface area (Å²) >= 11 is 5.29. The molecule has 1 unspecified atom stereocenters. The third-order valence-corrected chi connectivity index (χ3v) is 4.51. The molecular formula is C15H17BrN2S. The maximum absolute atomic E-state index is 6.07. The van der Waals surface area contributed by atoms with Crippen molar-refractivity contribution in [3.8, 4) is 0 Å². The van der Waals surface area contributed by atoms with Crippen molar-refractivity contribution in [3.63, 3.8) is 0 Å². The fraction of sp³-hybridized carbons (Fsp3) is 0.267. The highest BCUT2D eigenvalue weighted by atomic mass is 79.9. The zero-order valence-electron chi connectivity index (χ0n) is 10.8. The first-order valence-corrected chi connectivity index (χ1v) is 7.92. The normalized spacial score (nSPS) is 12.4. The Kier molecular flexibility index (Phi) is 5.43. The molecule has 0 amide bonds. The van der Waals surface area contributed by atoms with Crippen LogP contribution in [-0.4, -0.2) is 11.0 Å². The van der Waals surface area contributed by atoms with Gasteiger partial charge in [-0.2, -0.15) is 0 Å². The van der Waals surface area contributed by atoms with E-state index < -0.39 is 0 Å². The van der Waals surface area contributed by atoms with Crippen LogP contribution in [0.15, 0.2) is 57.0 Å². The Morgan fingerprint density at radius 1 is 1.26 bits per heavy atom. The van der Waals surface area contributed by atoms with Crippen molar-refractivity contribution in [1.82, 2.24) is 4.98 Å². The molecule has 2 N–H and O–H groups in total. The van der Waals surface area contributed by atoms with E-state index in [4.69, 9.17) is 5.73 Å². The summed E-state index contributed by atoms with van der Waals surface area (Å²) in [7, 11) is 0. The molecular weight excluding hydrogens is 320 g/mol. The Labute approximate surface area is 126 Å². The van der Waals surface area contributed by atoms with Gasteiger partial charge in [0.25, 0.3) is 0 Å². The van der Waals surface area contributed by atoms with Gasteiger partial charge in [-0.3, -0.25) is 4.98 Å². The lowest BCUT2D eigenvalue weighted by Gasteiger charge is -2.13. The monoisotopic (exact) mass is 336 g/mol. The van der Waals surface area contributed by atoms with Crippen molar-refractivity contribution in [1.29, 1.82) is 0 Å². The van der Waals surface area contributed by atoms with Gasteiger partial charge in [0.1, 0.15) is 0 Å². The molecule has 0 spiro atoms. The summed E-state index contributed by atoms with van der Waals surface area (Å²) in [4.78, 5) is 6.49. The molecule has 0 fully saturated rings. The van der Waals surface area contributed by atoms with E-state index in [1.165, 1.54) is 15.4 Å². The fourth-order valence-corrected chi connectivity index (χ4v) is 3.24. The van der Waals surface area contributed by atoms with Gasteiger partial charge in [-0.05, 0) is 42.7 Å². The van der Waals surface area contributed by atoms with Crippen LogP contribution in [0.2, 0.25) is 0 Å². The zero-order valence-corrected chi connectivity index (χ0v) is 13.2. The van der Waals surface area contributed by atoms with Crippen molar-refractivity contribution >= 4 is 27.7 Å². The molecule has 100 valence electrons. The lowest BCUT2D eigenvalue weighted by molar-refractivity contribution is 0.641. The van der Waals surface area contributed by atoms with Gasteiger partial charge in [0.15, 0.2) is 0 Å². The Balaban J connectivity index is 2.24. The van der Waals surface area contributed by atoms with Crippen molar-refractivity contribution in [2.45, 2.75) is 35.6 Å². The number of nitrogens with zero attached hydrogens (tertiary/aromatic N) is 1. The minimum absolute atomic E-state index is 0.220. The van der Waals surface area contributed by atoms with E-state index in [9.17, 15) is 0 Å². The topological polar surface area (TPSA) is 38.9 Å². The second-order valence-corrected chi connectivity index (χ2v) is 6.44. The summed E-state index contributed by atoms with van der Waals surface area (Å²) < 4.78 is 1.10. The molecule has 0 saturated heterocycles. The molecule has 0 radical (unpaired) electrons. The Morgan fingerprint density at radius 2 is 2.00 bits per heavy atom. The minimum Gasteiger partial charge on any atom is -0.327 e. The number of hydrogen-bond donors (Lipinski definition) is 1. The predicted molar refractivity (Wildman–Crippen MR) is 84.5 cm³/mol. The molecule has 0 aliphatic rings. The highest BCUT2D eigenvalue weighted by molar-refractivity contribution is 9.10. The fourth-order valence-electron chi connectivity index (χ4n) is 1.75. The second kappa shape index (κ2) is 7.08. The lowest BCUT2D eigenvalue weighted by Crippen LogP contribution is -2.21. The van der Waals surface area contributed by atoms with Crippen LogP contribution in [0.5, 0.6) is 0 Å². The molecule has 0 bridgehead atoms. The van der Waals surface area contributed by atoms with Crippen LogP contribution in [-0.2, 0) is 6.42 Å². The highest BCUT2D eigenvalue weighted by Gasteiger charge is 2.09. The van der Waals surface area contributed by atoms with Gasteiger partial charge in [-0.15, -0.1) is 0 Å². The number of hydrogen-bond acceptors (Lipinski definition) is 3. The Hall–Kier alpha value is -0.840. The first-order chi connectivity index (χ1) is 9.19. The van der Waals surface area contributed by atoms with Crippen LogP contribution in [0.4, 0.5) is 0 Å². The number of rotatable bonds is 5. The van der Waals surface area contributed by atoms with Crippen molar-refractivity contribution < 1.29 is 0 Å². The van der Waals surface area contributed by atoms with E-state index in [0.717, 1.165) is 17.3 Å². The Morgan fingerprint density at radius 3 is 2.68 bits per heavy atom. The van der Waals surface area contributed by atoms with Crippen LogP contribution >= 0.6 is 27.7 Å². The molecule has 19 heavy (non-hydrogen) atoms. The molecule has 4 heteroatoms. The van der Waals surface area contributed by atoms with Crippen LogP contribution in [0.25, 0.3) is 0 Å². The van der Waals surface area contributed by atoms with Crippen molar-refractivity contribution in [2.24, 2.45) is 5.73 Å². The number of halogens is 1. The summed E-state index contributed by atoms with van der Waals surface area (Å²) in [6.45, 7) is 2.12. The van der Waals surface area contributed by atoms with Gasteiger partial charge in [0, 0.05) is 32.7 Å². The molecule has 0 aliphatic carbocycles. The summed E-state index contributed by atoms with van der Waals surface area (Å²) in [5, 5.41) is 0. The van der Waals surface area contributed by atoms with E-state index in [0.29, 0.717) is 0 Å². The van der Waals surface area contributed by atoms with Gasteiger partial charge >= 0.3 is 0 Å². The van der Waals surface area contributed by atoms with Gasteiger partial charge in [-0.1, -0.05) is 40.7 Å². The predicted octanol–water partition coefficient (Wildman–Crippen LogP) is 4.28. The van der Waals surface area contributed by atoms with E-state index in [-0.39, 0.29) is 6.04 Å². The molecule has 1 heterocycles. The molecule has 2 rings (SSSR count). The maximum atomic E-state index is 6.07. The van der Waals surface area contributed by atoms with Gasteiger partial charge in [0.05, 0.1) is 0 Å². The second-order valence-electron chi connectivity index (χ2n) is 4.41. The van der Waals surface area contributed by atoms with E-state index in [1.54, 1.807) is 11.8 Å². The molecule has 2 aromatic rings. The Bertz CT molecular complexity index is 531. The van der Waals surface area contributed by atoms with E-state index in [1.807, 2.05) is 24.5 Å². The van der Waals surface area contributed by atoms with Gasteiger partial charge in [0.2, 0.25) is 0 Å². The van der Waals surface area contributed by atoms with E-state index in [2.05, 4.69) is 46.0 Å². The van der Waals surface area contributed by atoms with Crippen LogP contribution in [0, 0.1) is 0 Å². The van der Waals surface area contributed by atoms with Gasteiger partial charge < -0.3 is 5.73 Å². The quantitative estimate of drug-likeness (QED) is 0.885. The maximum Gasteiger partial charge on any atom is 0.0279 e. The molecule has 0 aliphatic heterocycles. The summed E-state index contributed by atoms with van der Waals surface area (Å²) in [5.41, 5.74) is 7.38. The molecule has 2 nitrogen and oxygen atoms in total. The molecule has 0 saturated carbocycles. The smallest absolute Gasteiger partial charge is 0.0279 e. The largest absolute Gasteiger partial charge is 0.327 e. The third kappa shape index (κ3) is 4.34. The summed E-state index contributed by atoms with van der Waals surface area (Å²) in [6, 6.07) is 10.7.